The molecule has 0 unspecified atom stereocenters. The van der Waals surface area contributed by atoms with Crippen molar-refractivity contribution in [1.29, 1.82) is 0 Å². The number of hydrogen-bond donors (Lipinski definition) is 0. The van der Waals surface area contributed by atoms with Crippen LogP contribution in [-0.2, 0) is 0 Å². The molecule has 0 aliphatic heterocycles. The maximum atomic E-state index is 6.33. The van der Waals surface area contributed by atoms with Crippen LogP contribution >= 0.6 is 0 Å². The van der Waals surface area contributed by atoms with Crippen molar-refractivity contribution >= 4 is 82.1 Å². The standard InChI is InChI=1S/C52H33NO/c1-2-12-34(13-3-1)42-15-8-10-20-49(42)53(41-29-26-37-31-48-45-18-9-11-21-50(45)54-51(48)33-39(37)30-41)40-27-24-36(25-28-40)47-32-38-23-22-35-14-4-5-16-43(35)52(38)46-19-7-6-17-44(46)47/h1-33H. The maximum Gasteiger partial charge on any atom is 0.136 e. The van der Waals surface area contributed by atoms with Gasteiger partial charge in [0.15, 0.2) is 0 Å². The van der Waals surface area contributed by atoms with Gasteiger partial charge in [0.2, 0.25) is 0 Å². The lowest BCUT2D eigenvalue weighted by Crippen LogP contribution is -2.11. The molecule has 0 saturated heterocycles. The van der Waals surface area contributed by atoms with Crippen LogP contribution in [-0.4, -0.2) is 0 Å². The normalized spacial score (nSPS) is 11.7. The average Bonchev–Trinajstić information content (AvgIpc) is 3.60. The van der Waals surface area contributed by atoms with Gasteiger partial charge in [-0.2, -0.15) is 0 Å². The van der Waals surface area contributed by atoms with Crippen LogP contribution in [0.4, 0.5) is 17.1 Å². The summed E-state index contributed by atoms with van der Waals surface area (Å²) in [6.07, 6.45) is 0. The van der Waals surface area contributed by atoms with Crippen molar-refractivity contribution in [2.75, 3.05) is 4.90 Å². The van der Waals surface area contributed by atoms with Gasteiger partial charge in [0.1, 0.15) is 11.2 Å². The summed E-state index contributed by atoms with van der Waals surface area (Å²) in [6, 6.07) is 72.4. The monoisotopic (exact) mass is 687 g/mol. The molecule has 11 rings (SSSR count). The van der Waals surface area contributed by atoms with Crippen LogP contribution < -0.4 is 4.90 Å². The van der Waals surface area contributed by atoms with Gasteiger partial charge in [-0.3, -0.25) is 0 Å². The molecule has 0 radical (unpaired) electrons. The Morgan fingerprint density at radius 2 is 0.963 bits per heavy atom. The second-order valence-electron chi connectivity index (χ2n) is 14.1. The number of para-hydroxylation sites is 2. The van der Waals surface area contributed by atoms with Crippen molar-refractivity contribution in [3.63, 3.8) is 0 Å². The van der Waals surface area contributed by atoms with E-state index in [9.17, 15) is 0 Å². The number of anilines is 3. The molecule has 1 heterocycles. The summed E-state index contributed by atoms with van der Waals surface area (Å²) in [5.74, 6) is 0. The Kier molecular flexibility index (Phi) is 6.90. The molecule has 0 aliphatic carbocycles. The Morgan fingerprint density at radius 3 is 1.83 bits per heavy atom. The first kappa shape index (κ1) is 30.5. The summed E-state index contributed by atoms with van der Waals surface area (Å²) in [5.41, 5.74) is 9.86. The second-order valence-corrected chi connectivity index (χ2v) is 14.1. The molecular weight excluding hydrogens is 655 g/mol. The largest absolute Gasteiger partial charge is 0.456 e. The number of nitrogens with zero attached hydrogens (tertiary/aromatic N) is 1. The molecule has 252 valence electrons. The summed E-state index contributed by atoms with van der Waals surface area (Å²) in [7, 11) is 0. The first-order chi connectivity index (χ1) is 26.8. The Bertz CT molecular complexity index is 3210. The maximum absolute atomic E-state index is 6.33. The van der Waals surface area contributed by atoms with Crippen LogP contribution in [0.15, 0.2) is 205 Å². The average molecular weight is 688 g/mol. The Morgan fingerprint density at radius 1 is 0.315 bits per heavy atom. The molecule has 2 heteroatoms. The van der Waals surface area contributed by atoms with Crippen molar-refractivity contribution in [2.45, 2.75) is 0 Å². The molecule has 0 N–H and O–H groups in total. The minimum absolute atomic E-state index is 0.900. The van der Waals surface area contributed by atoms with Crippen molar-refractivity contribution in [3.8, 4) is 22.3 Å². The molecule has 0 aliphatic rings. The minimum atomic E-state index is 0.900. The lowest BCUT2D eigenvalue weighted by atomic mass is 9.90. The number of rotatable bonds is 5. The van der Waals surface area contributed by atoms with Gasteiger partial charge in [0.05, 0.1) is 5.69 Å². The van der Waals surface area contributed by atoms with E-state index in [2.05, 4.69) is 193 Å². The first-order valence-corrected chi connectivity index (χ1v) is 18.5. The highest BCUT2D eigenvalue weighted by Gasteiger charge is 2.19. The van der Waals surface area contributed by atoms with E-state index >= 15 is 0 Å². The number of hydrogen-bond acceptors (Lipinski definition) is 2. The van der Waals surface area contributed by atoms with Gasteiger partial charge in [-0.15, -0.1) is 0 Å². The third-order valence-electron chi connectivity index (χ3n) is 11.0. The van der Waals surface area contributed by atoms with Gasteiger partial charge in [0.25, 0.3) is 0 Å². The van der Waals surface area contributed by atoms with Crippen LogP contribution in [0.25, 0.3) is 87.3 Å². The molecule has 0 atom stereocenters. The fourth-order valence-corrected chi connectivity index (χ4v) is 8.46. The zero-order chi connectivity index (χ0) is 35.6. The summed E-state index contributed by atoms with van der Waals surface area (Å²) in [5, 5.41) is 12.2. The highest BCUT2D eigenvalue weighted by Crippen LogP contribution is 2.44. The fraction of sp³-hybridized carbons (Fsp3) is 0. The molecule has 0 fully saturated rings. The van der Waals surface area contributed by atoms with Crippen molar-refractivity contribution < 1.29 is 4.42 Å². The third-order valence-corrected chi connectivity index (χ3v) is 11.0. The number of benzene rings is 10. The first-order valence-electron chi connectivity index (χ1n) is 18.5. The quantitative estimate of drug-likeness (QED) is 0.168. The van der Waals surface area contributed by atoms with Crippen molar-refractivity contribution in [1.82, 2.24) is 0 Å². The minimum Gasteiger partial charge on any atom is -0.456 e. The number of furan rings is 1. The zero-order valence-electron chi connectivity index (χ0n) is 29.4. The fourth-order valence-electron chi connectivity index (χ4n) is 8.46. The van der Waals surface area contributed by atoms with E-state index in [4.69, 9.17) is 4.42 Å². The van der Waals surface area contributed by atoms with Crippen molar-refractivity contribution in [3.05, 3.63) is 200 Å². The van der Waals surface area contributed by atoms with E-state index < -0.39 is 0 Å². The molecule has 10 aromatic carbocycles. The molecule has 2 nitrogen and oxygen atoms in total. The van der Waals surface area contributed by atoms with Crippen LogP contribution in [0.3, 0.4) is 0 Å². The summed E-state index contributed by atoms with van der Waals surface area (Å²) >= 11 is 0. The second kappa shape index (κ2) is 12.2. The molecule has 54 heavy (non-hydrogen) atoms. The molecule has 11 aromatic rings. The van der Waals surface area contributed by atoms with Crippen LogP contribution in [0.1, 0.15) is 0 Å². The van der Waals surface area contributed by atoms with Gasteiger partial charge < -0.3 is 9.32 Å². The molecule has 0 saturated carbocycles. The van der Waals surface area contributed by atoms with E-state index in [0.717, 1.165) is 44.4 Å². The highest BCUT2D eigenvalue weighted by molar-refractivity contribution is 6.23. The summed E-state index contributed by atoms with van der Waals surface area (Å²) < 4.78 is 6.33. The Labute approximate surface area is 312 Å². The van der Waals surface area contributed by atoms with E-state index in [0.29, 0.717) is 0 Å². The SMILES string of the molecule is c1ccc(-c2ccccc2N(c2ccc(-c3cc4ccc5ccccc5c4c4ccccc34)cc2)c2ccc3cc4c(cc3c2)oc2ccccc24)cc1. The topological polar surface area (TPSA) is 16.4 Å². The highest BCUT2D eigenvalue weighted by atomic mass is 16.3. The van der Waals surface area contributed by atoms with E-state index in [1.54, 1.807) is 0 Å². The summed E-state index contributed by atoms with van der Waals surface area (Å²) in [4.78, 5) is 2.39. The van der Waals surface area contributed by atoms with Gasteiger partial charge >= 0.3 is 0 Å². The van der Waals surface area contributed by atoms with Crippen molar-refractivity contribution in [2.24, 2.45) is 0 Å². The van der Waals surface area contributed by atoms with E-state index in [1.165, 1.54) is 60.0 Å². The number of fused-ring (bicyclic) bond motifs is 9. The molecule has 0 amide bonds. The third kappa shape index (κ3) is 4.88. The van der Waals surface area contributed by atoms with E-state index in [1.807, 2.05) is 12.1 Å². The smallest absolute Gasteiger partial charge is 0.136 e. The Hall–Kier alpha value is -7.16. The van der Waals surface area contributed by atoms with Gasteiger partial charge in [0, 0.05) is 27.7 Å². The van der Waals surface area contributed by atoms with Crippen LogP contribution in [0, 0.1) is 0 Å². The van der Waals surface area contributed by atoms with Gasteiger partial charge in [-0.1, -0.05) is 146 Å². The lowest BCUT2D eigenvalue weighted by Gasteiger charge is -2.28. The molecule has 1 aromatic heterocycles. The van der Waals surface area contributed by atoms with E-state index in [-0.39, 0.29) is 0 Å². The van der Waals surface area contributed by atoms with Crippen LogP contribution in [0.2, 0.25) is 0 Å². The molecule has 0 bridgehead atoms. The van der Waals surface area contributed by atoms with Crippen LogP contribution in [0.5, 0.6) is 0 Å². The molecule has 0 spiro atoms. The summed E-state index contributed by atoms with van der Waals surface area (Å²) in [6.45, 7) is 0. The predicted octanol–water partition coefficient (Wildman–Crippen LogP) is 15.0. The predicted molar refractivity (Wildman–Crippen MR) is 229 cm³/mol. The zero-order valence-corrected chi connectivity index (χ0v) is 29.4. The van der Waals surface area contributed by atoms with Gasteiger partial charge in [-0.25, -0.2) is 0 Å². The Balaban J connectivity index is 1.09. The van der Waals surface area contributed by atoms with Gasteiger partial charge in [-0.05, 0) is 114 Å². The molecular formula is C52H33NO. The lowest BCUT2D eigenvalue weighted by molar-refractivity contribution is 0.669.